The average Bonchev–Trinajstić information content (AvgIpc) is 2.56. The van der Waals surface area contributed by atoms with E-state index in [4.69, 9.17) is 17.3 Å². The lowest BCUT2D eigenvalue weighted by molar-refractivity contribution is -0.137. The number of hydrogen-bond donors (Lipinski definition) is 2. The molecule has 0 radical (unpaired) electrons. The monoisotopic (exact) mass is 317 g/mol. The van der Waals surface area contributed by atoms with Crippen LogP contribution in [0.4, 0.5) is 5.69 Å². The fourth-order valence-electron chi connectivity index (χ4n) is 1.83. The molecule has 0 bridgehead atoms. The summed E-state index contributed by atoms with van der Waals surface area (Å²) in [5, 5.41) is -0.0531. The molecule has 20 heavy (non-hydrogen) atoms. The standard InChI is InChI=1S/C11H12ClN3O4S/c1-15-10(16)5-8(11(15)17)14-20(18,19)9-3-2-6(13)4-7(9)12/h2-4,8,14H,5,13H2,1H3. The van der Waals surface area contributed by atoms with Crippen molar-refractivity contribution in [3.05, 3.63) is 23.2 Å². The Hall–Kier alpha value is -1.64. The van der Waals surface area contributed by atoms with Crippen molar-refractivity contribution < 1.29 is 18.0 Å². The molecule has 0 saturated carbocycles. The Morgan fingerprint density at radius 1 is 1.40 bits per heavy atom. The number of amides is 2. The van der Waals surface area contributed by atoms with Gasteiger partial charge in [0.2, 0.25) is 21.8 Å². The Kier molecular flexibility index (Phi) is 3.72. The van der Waals surface area contributed by atoms with Gasteiger partial charge in [-0.3, -0.25) is 14.5 Å². The number of benzene rings is 1. The van der Waals surface area contributed by atoms with E-state index in [2.05, 4.69) is 4.72 Å². The summed E-state index contributed by atoms with van der Waals surface area (Å²) < 4.78 is 26.5. The summed E-state index contributed by atoms with van der Waals surface area (Å²) in [5.41, 5.74) is 5.81. The van der Waals surface area contributed by atoms with E-state index in [0.29, 0.717) is 5.69 Å². The molecule has 1 atom stereocenters. The Balaban J connectivity index is 2.28. The number of likely N-dealkylation sites (N-methyl/N-ethyl adjacent to an activating group) is 1. The summed E-state index contributed by atoms with van der Waals surface area (Å²) in [4.78, 5) is 23.7. The molecule has 1 aliphatic rings. The van der Waals surface area contributed by atoms with Crippen LogP contribution in [0.1, 0.15) is 6.42 Å². The number of sulfonamides is 1. The number of carbonyl (C=O) groups is 2. The van der Waals surface area contributed by atoms with Gasteiger partial charge in [-0.05, 0) is 18.2 Å². The molecule has 1 unspecified atom stereocenters. The number of rotatable bonds is 3. The third-order valence-corrected chi connectivity index (χ3v) is 4.88. The van der Waals surface area contributed by atoms with E-state index >= 15 is 0 Å². The number of nitrogens with one attached hydrogen (secondary N) is 1. The molecule has 3 N–H and O–H groups in total. The highest BCUT2D eigenvalue weighted by Gasteiger charge is 2.39. The van der Waals surface area contributed by atoms with Gasteiger partial charge in [0, 0.05) is 12.7 Å². The van der Waals surface area contributed by atoms with Gasteiger partial charge in [-0.15, -0.1) is 0 Å². The maximum Gasteiger partial charge on any atom is 0.247 e. The molecule has 0 aliphatic carbocycles. The fraction of sp³-hybridized carbons (Fsp3) is 0.273. The first-order valence-corrected chi connectivity index (χ1v) is 7.46. The first-order chi connectivity index (χ1) is 9.22. The summed E-state index contributed by atoms with van der Waals surface area (Å²) in [7, 11) is -2.71. The molecule has 1 saturated heterocycles. The number of nitrogen functional groups attached to an aromatic ring is 1. The second kappa shape index (κ2) is 5.04. The first kappa shape index (κ1) is 14.8. The maximum absolute atomic E-state index is 12.2. The van der Waals surface area contributed by atoms with Crippen LogP contribution in [0.3, 0.4) is 0 Å². The van der Waals surface area contributed by atoms with Crippen LogP contribution in [0, 0.1) is 0 Å². The highest BCUT2D eigenvalue weighted by atomic mass is 35.5. The van der Waals surface area contributed by atoms with Crippen molar-refractivity contribution in [2.75, 3.05) is 12.8 Å². The van der Waals surface area contributed by atoms with Gasteiger partial charge in [0.05, 0.1) is 11.4 Å². The molecule has 7 nitrogen and oxygen atoms in total. The Morgan fingerprint density at radius 2 is 2.05 bits per heavy atom. The van der Waals surface area contributed by atoms with Crippen LogP contribution in [0.25, 0.3) is 0 Å². The molecule has 1 fully saturated rings. The number of imide groups is 1. The van der Waals surface area contributed by atoms with Crippen molar-refractivity contribution in [2.24, 2.45) is 0 Å². The molecular weight excluding hydrogens is 306 g/mol. The van der Waals surface area contributed by atoms with Gasteiger partial charge in [-0.1, -0.05) is 11.6 Å². The molecule has 2 amide bonds. The summed E-state index contributed by atoms with van der Waals surface area (Å²) >= 11 is 5.83. The third-order valence-electron chi connectivity index (χ3n) is 2.92. The number of carbonyl (C=O) groups excluding carboxylic acids is 2. The molecular formula is C11H12ClN3O4S. The van der Waals surface area contributed by atoms with Gasteiger partial charge in [-0.25, -0.2) is 8.42 Å². The van der Waals surface area contributed by atoms with Gasteiger partial charge in [0.1, 0.15) is 10.9 Å². The Labute approximate surface area is 120 Å². The average molecular weight is 318 g/mol. The number of likely N-dealkylation sites (tertiary alicyclic amines) is 1. The molecule has 1 aromatic carbocycles. The van der Waals surface area contributed by atoms with E-state index in [1.807, 2.05) is 0 Å². The zero-order chi connectivity index (χ0) is 15.1. The zero-order valence-corrected chi connectivity index (χ0v) is 12.0. The summed E-state index contributed by atoms with van der Waals surface area (Å²) in [6.45, 7) is 0. The first-order valence-electron chi connectivity index (χ1n) is 5.60. The molecule has 108 valence electrons. The van der Waals surface area contributed by atoms with Crippen LogP contribution in [-0.2, 0) is 19.6 Å². The van der Waals surface area contributed by atoms with Crippen molar-refractivity contribution >= 4 is 39.1 Å². The van der Waals surface area contributed by atoms with Gasteiger partial charge >= 0.3 is 0 Å². The van der Waals surface area contributed by atoms with E-state index in [1.165, 1.54) is 25.2 Å². The minimum atomic E-state index is -4.01. The van der Waals surface area contributed by atoms with E-state index in [-0.39, 0.29) is 16.3 Å². The highest BCUT2D eigenvalue weighted by molar-refractivity contribution is 7.89. The quantitative estimate of drug-likeness (QED) is 0.600. The van der Waals surface area contributed by atoms with Crippen molar-refractivity contribution in [1.29, 1.82) is 0 Å². The van der Waals surface area contributed by atoms with Crippen LogP contribution < -0.4 is 10.5 Å². The van der Waals surface area contributed by atoms with Gasteiger partial charge in [-0.2, -0.15) is 4.72 Å². The fourth-order valence-corrected chi connectivity index (χ4v) is 3.58. The van der Waals surface area contributed by atoms with Gasteiger partial charge in [0.15, 0.2) is 0 Å². The predicted octanol–water partition coefficient (Wildman–Crippen LogP) is -0.0422. The molecule has 0 aromatic heterocycles. The van der Waals surface area contributed by atoms with E-state index in [9.17, 15) is 18.0 Å². The van der Waals surface area contributed by atoms with Crippen LogP contribution in [-0.4, -0.2) is 38.2 Å². The zero-order valence-electron chi connectivity index (χ0n) is 10.5. The Morgan fingerprint density at radius 3 is 2.55 bits per heavy atom. The van der Waals surface area contributed by atoms with E-state index in [1.54, 1.807) is 0 Å². The third kappa shape index (κ3) is 2.62. The lowest BCUT2D eigenvalue weighted by Crippen LogP contribution is -2.40. The van der Waals surface area contributed by atoms with Gasteiger partial charge in [0.25, 0.3) is 0 Å². The SMILES string of the molecule is CN1C(=O)CC(NS(=O)(=O)c2ccc(N)cc2Cl)C1=O. The normalized spacial score (nSPS) is 19.7. The summed E-state index contributed by atoms with van der Waals surface area (Å²) in [6, 6.07) is 2.81. The van der Waals surface area contributed by atoms with Crippen molar-refractivity contribution in [2.45, 2.75) is 17.4 Å². The van der Waals surface area contributed by atoms with E-state index in [0.717, 1.165) is 4.90 Å². The number of nitrogens with two attached hydrogens (primary N) is 1. The second-order valence-corrected chi connectivity index (χ2v) is 6.45. The van der Waals surface area contributed by atoms with Gasteiger partial charge < -0.3 is 5.73 Å². The smallest absolute Gasteiger partial charge is 0.247 e. The Bertz CT molecular complexity index is 689. The van der Waals surface area contributed by atoms with Crippen molar-refractivity contribution in [3.63, 3.8) is 0 Å². The highest BCUT2D eigenvalue weighted by Crippen LogP contribution is 2.24. The lowest BCUT2D eigenvalue weighted by atomic mass is 10.3. The molecule has 1 aromatic rings. The topological polar surface area (TPSA) is 110 Å². The summed E-state index contributed by atoms with van der Waals surface area (Å²) in [6.07, 6.45) is -0.207. The van der Waals surface area contributed by atoms with Crippen LogP contribution >= 0.6 is 11.6 Å². The maximum atomic E-state index is 12.2. The number of hydrogen-bond acceptors (Lipinski definition) is 5. The number of nitrogens with zero attached hydrogens (tertiary/aromatic N) is 1. The van der Waals surface area contributed by atoms with Crippen LogP contribution in [0.5, 0.6) is 0 Å². The predicted molar refractivity (Wildman–Crippen MR) is 72.4 cm³/mol. The molecule has 2 rings (SSSR count). The number of anilines is 1. The largest absolute Gasteiger partial charge is 0.399 e. The lowest BCUT2D eigenvalue weighted by Gasteiger charge is -2.12. The van der Waals surface area contributed by atoms with Crippen molar-refractivity contribution in [1.82, 2.24) is 9.62 Å². The molecule has 1 aliphatic heterocycles. The second-order valence-electron chi connectivity index (χ2n) is 4.36. The van der Waals surface area contributed by atoms with Crippen LogP contribution in [0.2, 0.25) is 5.02 Å². The number of halogens is 1. The molecule has 9 heteroatoms. The minimum Gasteiger partial charge on any atom is -0.399 e. The minimum absolute atomic E-state index is 0.0531. The molecule has 1 heterocycles. The summed E-state index contributed by atoms with van der Waals surface area (Å²) in [5.74, 6) is -1.03. The van der Waals surface area contributed by atoms with Crippen molar-refractivity contribution in [3.8, 4) is 0 Å². The van der Waals surface area contributed by atoms with Crippen LogP contribution in [0.15, 0.2) is 23.1 Å². The van der Waals surface area contributed by atoms with E-state index < -0.39 is 27.9 Å². The molecule has 0 spiro atoms.